The molecule has 0 spiro atoms. The Labute approximate surface area is 187 Å². The summed E-state index contributed by atoms with van der Waals surface area (Å²) in [5.74, 6) is -2.05. The van der Waals surface area contributed by atoms with Gasteiger partial charge < -0.3 is 9.15 Å². The summed E-state index contributed by atoms with van der Waals surface area (Å²) in [5.41, 5.74) is 6.29. The molecule has 0 aliphatic carbocycles. The van der Waals surface area contributed by atoms with E-state index in [0.29, 0.717) is 27.2 Å². The van der Waals surface area contributed by atoms with E-state index < -0.39 is 24.4 Å². The minimum atomic E-state index is -0.719. The molecule has 2 aromatic carbocycles. The second-order valence-corrected chi connectivity index (χ2v) is 7.01. The predicted molar refractivity (Wildman–Crippen MR) is 117 cm³/mol. The fourth-order valence-corrected chi connectivity index (χ4v) is 3.22. The van der Waals surface area contributed by atoms with Crippen molar-refractivity contribution in [1.29, 1.82) is 0 Å². The first-order valence-corrected chi connectivity index (χ1v) is 9.85. The average Bonchev–Trinajstić information content (AvgIpc) is 3.36. The number of hydrazine groups is 1. The van der Waals surface area contributed by atoms with Crippen molar-refractivity contribution in [2.45, 2.75) is 0 Å². The second kappa shape index (κ2) is 9.32. The fourth-order valence-electron chi connectivity index (χ4n) is 2.99. The number of fused-ring (bicyclic) bond motifs is 1. The van der Waals surface area contributed by atoms with Gasteiger partial charge in [-0.3, -0.25) is 20.4 Å². The summed E-state index contributed by atoms with van der Waals surface area (Å²) in [5, 5.41) is 1.06. The van der Waals surface area contributed by atoms with Gasteiger partial charge in [-0.25, -0.2) is 9.78 Å². The fraction of sp³-hybridized carbons (Fsp3) is 0.0435. The third kappa shape index (κ3) is 4.60. The van der Waals surface area contributed by atoms with Crippen LogP contribution < -0.4 is 10.9 Å². The molecule has 160 valence electrons. The van der Waals surface area contributed by atoms with Crippen molar-refractivity contribution < 1.29 is 23.5 Å². The molecule has 4 rings (SSSR count). The molecule has 32 heavy (non-hydrogen) atoms. The lowest BCUT2D eigenvalue weighted by atomic mass is 10.0. The summed E-state index contributed by atoms with van der Waals surface area (Å²) in [6, 6.07) is 18.8. The first-order chi connectivity index (χ1) is 15.5. The number of amides is 2. The average molecular weight is 450 g/mol. The van der Waals surface area contributed by atoms with E-state index in [1.54, 1.807) is 48.5 Å². The van der Waals surface area contributed by atoms with Gasteiger partial charge in [0.05, 0.1) is 23.0 Å². The molecular formula is C23H16ClN3O5. The smallest absolute Gasteiger partial charge is 0.339 e. The van der Waals surface area contributed by atoms with Crippen molar-refractivity contribution in [3.05, 3.63) is 89.3 Å². The van der Waals surface area contributed by atoms with E-state index in [2.05, 4.69) is 15.8 Å². The third-order valence-corrected chi connectivity index (χ3v) is 4.81. The lowest BCUT2D eigenvalue weighted by Crippen LogP contribution is -2.43. The number of ether oxygens (including phenoxy) is 1. The van der Waals surface area contributed by atoms with Crippen LogP contribution in [0.3, 0.4) is 0 Å². The number of carbonyl (C=O) groups excluding carboxylic acids is 3. The number of rotatable bonds is 5. The van der Waals surface area contributed by atoms with Crippen LogP contribution >= 0.6 is 11.6 Å². The Kier molecular flexibility index (Phi) is 6.14. The quantitative estimate of drug-likeness (QED) is 0.354. The summed E-state index contributed by atoms with van der Waals surface area (Å²) in [7, 11) is 0. The van der Waals surface area contributed by atoms with Gasteiger partial charge in [0.1, 0.15) is 0 Å². The normalized spacial score (nSPS) is 10.5. The molecule has 0 radical (unpaired) electrons. The number of para-hydroxylation sites is 1. The summed E-state index contributed by atoms with van der Waals surface area (Å²) in [4.78, 5) is 41.1. The summed E-state index contributed by atoms with van der Waals surface area (Å²) in [6.07, 6.45) is 1.33. The minimum Gasteiger partial charge on any atom is -0.459 e. The van der Waals surface area contributed by atoms with Crippen LogP contribution in [-0.2, 0) is 9.53 Å². The molecule has 0 aliphatic heterocycles. The Balaban J connectivity index is 1.50. The standard InChI is InChI=1S/C23H16ClN3O5/c24-17-8-3-1-7-15(17)19-12-16(14-6-2-4-9-18(14)25-19)23(30)32-13-21(28)26-27-22(29)20-10-5-11-31-20/h1-12H,13H2,(H,26,28)(H,27,29). The summed E-state index contributed by atoms with van der Waals surface area (Å²) in [6.45, 7) is -0.602. The molecule has 2 N–H and O–H groups in total. The highest BCUT2D eigenvalue weighted by Gasteiger charge is 2.18. The maximum absolute atomic E-state index is 12.8. The van der Waals surface area contributed by atoms with Crippen LogP contribution in [0.2, 0.25) is 5.02 Å². The Morgan fingerprint density at radius 2 is 1.75 bits per heavy atom. The number of hydrogen-bond acceptors (Lipinski definition) is 6. The van der Waals surface area contributed by atoms with Gasteiger partial charge in [0.15, 0.2) is 12.4 Å². The largest absolute Gasteiger partial charge is 0.459 e. The highest BCUT2D eigenvalue weighted by Crippen LogP contribution is 2.30. The Hall–Kier alpha value is -4.17. The zero-order valence-corrected chi connectivity index (χ0v) is 17.3. The second-order valence-electron chi connectivity index (χ2n) is 6.61. The van der Waals surface area contributed by atoms with Crippen LogP contribution in [0.25, 0.3) is 22.2 Å². The van der Waals surface area contributed by atoms with Gasteiger partial charge in [-0.15, -0.1) is 0 Å². The lowest BCUT2D eigenvalue weighted by molar-refractivity contribution is -0.125. The zero-order valence-electron chi connectivity index (χ0n) is 16.5. The summed E-state index contributed by atoms with van der Waals surface area (Å²) < 4.78 is 10.1. The molecule has 0 atom stereocenters. The lowest BCUT2D eigenvalue weighted by Gasteiger charge is -2.11. The van der Waals surface area contributed by atoms with Gasteiger partial charge in [0.2, 0.25) is 0 Å². The van der Waals surface area contributed by atoms with Crippen molar-refractivity contribution in [3.63, 3.8) is 0 Å². The van der Waals surface area contributed by atoms with E-state index in [4.69, 9.17) is 20.8 Å². The molecule has 0 unspecified atom stereocenters. The molecule has 2 heterocycles. The molecular weight excluding hydrogens is 434 g/mol. The number of esters is 1. The van der Waals surface area contributed by atoms with E-state index in [-0.39, 0.29) is 11.3 Å². The van der Waals surface area contributed by atoms with E-state index in [1.165, 1.54) is 18.4 Å². The molecule has 0 aliphatic rings. The number of nitrogens with one attached hydrogen (secondary N) is 2. The number of aromatic nitrogens is 1. The molecule has 8 nitrogen and oxygen atoms in total. The molecule has 0 fully saturated rings. The maximum atomic E-state index is 12.8. The first-order valence-electron chi connectivity index (χ1n) is 9.47. The molecule has 4 aromatic rings. The number of carbonyl (C=O) groups is 3. The number of pyridine rings is 1. The van der Waals surface area contributed by atoms with Gasteiger partial charge in [0.25, 0.3) is 5.91 Å². The van der Waals surface area contributed by atoms with Crippen LogP contribution in [0.1, 0.15) is 20.9 Å². The first kappa shape index (κ1) is 21.1. The Morgan fingerprint density at radius 3 is 2.53 bits per heavy atom. The van der Waals surface area contributed by atoms with Crippen LogP contribution in [-0.4, -0.2) is 29.4 Å². The Morgan fingerprint density at radius 1 is 0.969 bits per heavy atom. The van der Waals surface area contributed by atoms with Crippen LogP contribution in [0.15, 0.2) is 77.4 Å². The molecule has 0 saturated carbocycles. The van der Waals surface area contributed by atoms with Gasteiger partial charge >= 0.3 is 11.9 Å². The van der Waals surface area contributed by atoms with E-state index in [0.717, 1.165) is 0 Å². The molecule has 2 aromatic heterocycles. The number of hydrogen-bond donors (Lipinski definition) is 2. The minimum absolute atomic E-state index is 0.0256. The third-order valence-electron chi connectivity index (χ3n) is 4.48. The SMILES string of the molecule is O=C(COC(=O)c1cc(-c2ccccc2Cl)nc2ccccc12)NNC(=O)c1ccco1. The van der Waals surface area contributed by atoms with Gasteiger partial charge in [0, 0.05) is 16.0 Å². The maximum Gasteiger partial charge on any atom is 0.339 e. The van der Waals surface area contributed by atoms with Crippen LogP contribution in [0.5, 0.6) is 0 Å². The van der Waals surface area contributed by atoms with E-state index >= 15 is 0 Å². The van der Waals surface area contributed by atoms with E-state index in [9.17, 15) is 14.4 Å². The topological polar surface area (TPSA) is 111 Å². The van der Waals surface area contributed by atoms with Crippen molar-refractivity contribution in [3.8, 4) is 11.3 Å². The zero-order chi connectivity index (χ0) is 22.5. The van der Waals surface area contributed by atoms with Crippen molar-refractivity contribution in [2.75, 3.05) is 6.61 Å². The molecule has 0 saturated heterocycles. The van der Waals surface area contributed by atoms with E-state index in [1.807, 2.05) is 6.07 Å². The molecule has 9 heteroatoms. The number of nitrogens with zero attached hydrogens (tertiary/aromatic N) is 1. The highest BCUT2D eigenvalue weighted by molar-refractivity contribution is 6.33. The van der Waals surface area contributed by atoms with Gasteiger partial charge in [-0.05, 0) is 30.3 Å². The number of benzene rings is 2. The van der Waals surface area contributed by atoms with Crippen LogP contribution in [0.4, 0.5) is 0 Å². The highest BCUT2D eigenvalue weighted by atomic mass is 35.5. The number of halogens is 1. The van der Waals surface area contributed by atoms with Gasteiger partial charge in [-0.2, -0.15) is 0 Å². The Bertz CT molecular complexity index is 1300. The monoisotopic (exact) mass is 449 g/mol. The van der Waals surface area contributed by atoms with Gasteiger partial charge in [-0.1, -0.05) is 48.0 Å². The number of furan rings is 1. The van der Waals surface area contributed by atoms with Crippen molar-refractivity contribution in [2.24, 2.45) is 0 Å². The molecule has 0 bridgehead atoms. The van der Waals surface area contributed by atoms with Crippen molar-refractivity contribution in [1.82, 2.24) is 15.8 Å². The molecule has 2 amide bonds. The predicted octanol–water partition coefficient (Wildman–Crippen LogP) is 3.77. The summed E-state index contributed by atoms with van der Waals surface area (Å²) >= 11 is 6.29. The van der Waals surface area contributed by atoms with Crippen LogP contribution in [0, 0.1) is 0 Å². The van der Waals surface area contributed by atoms with Crippen molar-refractivity contribution >= 4 is 40.3 Å².